The van der Waals surface area contributed by atoms with Crippen molar-refractivity contribution >= 4 is 50.3 Å². The molecule has 1 amide bonds. The van der Waals surface area contributed by atoms with Crippen LogP contribution in [0.25, 0.3) is 16.3 Å². The average molecular weight is 357 g/mol. The molecule has 0 bridgehead atoms. The lowest BCUT2D eigenvalue weighted by Crippen LogP contribution is -2.07. The number of nitrogens with one attached hydrogen (secondary N) is 1. The maximum Gasteiger partial charge on any atom is 0.250 e. The Kier molecular flexibility index (Phi) is 4.97. The lowest BCUT2D eigenvalue weighted by Gasteiger charge is -2.04. The second kappa shape index (κ2) is 7.16. The molecule has 0 aliphatic heterocycles. The summed E-state index contributed by atoms with van der Waals surface area (Å²) in [7, 11) is 0. The van der Waals surface area contributed by atoms with Crippen molar-refractivity contribution < 1.29 is 4.79 Å². The number of carbonyl (C=O) groups excluding carboxylic acids is 1. The number of nitrogens with zero attached hydrogens (tertiary/aromatic N) is 1. The van der Waals surface area contributed by atoms with Gasteiger partial charge in [0.05, 0.1) is 10.2 Å². The number of carbonyl (C=O) groups is 1. The molecule has 5 heteroatoms. The smallest absolute Gasteiger partial charge is 0.250 e. The van der Waals surface area contributed by atoms with Gasteiger partial charge in [-0.25, -0.2) is 4.98 Å². The fraction of sp³-hybridized carbons (Fsp3) is 0.158. The maximum atomic E-state index is 12.1. The predicted molar refractivity (Wildman–Crippen MR) is 103 cm³/mol. The molecule has 0 aliphatic rings. The van der Waals surface area contributed by atoms with Crippen molar-refractivity contribution in [2.75, 3.05) is 5.32 Å². The van der Waals surface area contributed by atoms with Gasteiger partial charge in [-0.1, -0.05) is 67.1 Å². The maximum absolute atomic E-state index is 12.1. The molecule has 0 spiro atoms. The Morgan fingerprint density at radius 1 is 1.21 bits per heavy atom. The summed E-state index contributed by atoms with van der Waals surface area (Å²) in [6.07, 6.45) is 3.17. The van der Waals surface area contributed by atoms with Gasteiger partial charge in [-0.05, 0) is 35.3 Å². The second-order valence-electron chi connectivity index (χ2n) is 5.71. The molecule has 24 heavy (non-hydrogen) atoms. The lowest BCUT2D eigenvalue weighted by molar-refractivity contribution is -0.111. The van der Waals surface area contributed by atoms with Crippen molar-refractivity contribution in [3.05, 3.63) is 64.7 Å². The van der Waals surface area contributed by atoms with E-state index in [1.165, 1.54) is 23.0 Å². The van der Waals surface area contributed by atoms with Crippen LogP contribution < -0.4 is 5.32 Å². The molecular weight excluding hydrogens is 340 g/mol. The third-order valence-corrected chi connectivity index (χ3v) is 4.90. The van der Waals surface area contributed by atoms with Crippen LogP contribution in [0.15, 0.2) is 48.5 Å². The molecule has 2 aromatic carbocycles. The van der Waals surface area contributed by atoms with E-state index in [9.17, 15) is 4.79 Å². The second-order valence-corrected chi connectivity index (χ2v) is 7.15. The fourth-order valence-corrected chi connectivity index (χ4v) is 3.51. The number of amides is 1. The first-order valence-electron chi connectivity index (χ1n) is 7.67. The Bertz CT molecular complexity index is 915. The number of benzene rings is 2. The van der Waals surface area contributed by atoms with E-state index in [4.69, 9.17) is 11.6 Å². The van der Waals surface area contributed by atoms with Gasteiger partial charge in [-0.15, -0.1) is 0 Å². The third kappa shape index (κ3) is 3.66. The molecule has 1 N–H and O–H groups in total. The summed E-state index contributed by atoms with van der Waals surface area (Å²) in [5, 5.41) is 4.04. The van der Waals surface area contributed by atoms with E-state index in [1.54, 1.807) is 12.1 Å². The third-order valence-electron chi connectivity index (χ3n) is 3.62. The van der Waals surface area contributed by atoms with Crippen LogP contribution in [0.3, 0.4) is 0 Å². The summed E-state index contributed by atoms with van der Waals surface area (Å²) in [5.41, 5.74) is 2.96. The topological polar surface area (TPSA) is 42.0 Å². The highest BCUT2D eigenvalue weighted by Crippen LogP contribution is 2.31. The Morgan fingerprint density at radius 3 is 2.75 bits per heavy atom. The summed E-state index contributed by atoms with van der Waals surface area (Å²) in [6.45, 7) is 4.28. The van der Waals surface area contributed by atoms with Crippen LogP contribution in [0.4, 0.5) is 5.13 Å². The Balaban J connectivity index is 1.79. The van der Waals surface area contributed by atoms with Gasteiger partial charge < -0.3 is 0 Å². The zero-order valence-electron chi connectivity index (χ0n) is 13.4. The highest BCUT2D eigenvalue weighted by molar-refractivity contribution is 7.22. The van der Waals surface area contributed by atoms with Gasteiger partial charge in [0.2, 0.25) is 5.91 Å². The minimum atomic E-state index is -0.222. The Labute approximate surface area is 150 Å². The van der Waals surface area contributed by atoms with E-state index in [0.717, 1.165) is 15.8 Å². The molecule has 0 saturated heterocycles. The first kappa shape index (κ1) is 16.7. The number of halogens is 1. The number of hydrogen-bond acceptors (Lipinski definition) is 3. The highest BCUT2D eigenvalue weighted by atomic mass is 35.5. The van der Waals surface area contributed by atoms with E-state index < -0.39 is 0 Å². The largest absolute Gasteiger partial charge is 0.298 e. The van der Waals surface area contributed by atoms with E-state index >= 15 is 0 Å². The quantitative estimate of drug-likeness (QED) is 0.607. The van der Waals surface area contributed by atoms with Crippen molar-refractivity contribution in [2.45, 2.75) is 19.8 Å². The van der Waals surface area contributed by atoms with Crippen LogP contribution in [-0.2, 0) is 4.79 Å². The molecule has 0 fully saturated rings. The normalized spacial score (nSPS) is 11.5. The number of rotatable bonds is 4. The van der Waals surface area contributed by atoms with Crippen LogP contribution in [0, 0.1) is 0 Å². The molecule has 1 heterocycles. The van der Waals surface area contributed by atoms with Gasteiger partial charge in [0, 0.05) is 11.1 Å². The number of aromatic nitrogens is 1. The SMILES string of the molecule is CC(C)c1cccc2sc(NC(=O)/C=C/c3ccccc3Cl)nc12. The van der Waals surface area contributed by atoms with E-state index in [1.807, 2.05) is 30.3 Å². The first-order valence-corrected chi connectivity index (χ1v) is 8.87. The number of para-hydroxylation sites is 1. The molecule has 122 valence electrons. The van der Waals surface area contributed by atoms with Crippen molar-refractivity contribution in [3.63, 3.8) is 0 Å². The molecule has 0 aliphatic carbocycles. The van der Waals surface area contributed by atoms with Crippen LogP contribution in [-0.4, -0.2) is 10.9 Å². The molecular formula is C19H17ClN2OS. The van der Waals surface area contributed by atoms with Gasteiger partial charge >= 0.3 is 0 Å². The number of hydrogen-bond donors (Lipinski definition) is 1. The molecule has 3 aromatic rings. The Hall–Kier alpha value is -2.17. The van der Waals surface area contributed by atoms with Crippen molar-refractivity contribution in [1.82, 2.24) is 4.98 Å². The predicted octanol–water partition coefficient (Wildman–Crippen LogP) is 5.73. The van der Waals surface area contributed by atoms with Gasteiger partial charge in [0.1, 0.15) is 0 Å². The minimum absolute atomic E-state index is 0.222. The van der Waals surface area contributed by atoms with Crippen molar-refractivity contribution in [1.29, 1.82) is 0 Å². The Morgan fingerprint density at radius 2 is 2.00 bits per heavy atom. The molecule has 3 rings (SSSR count). The number of thiazole rings is 1. The van der Waals surface area contributed by atoms with Crippen molar-refractivity contribution in [3.8, 4) is 0 Å². The van der Waals surface area contributed by atoms with Gasteiger partial charge in [-0.3, -0.25) is 10.1 Å². The van der Waals surface area contributed by atoms with Crippen LogP contribution in [0.5, 0.6) is 0 Å². The van der Waals surface area contributed by atoms with Crippen LogP contribution in [0.2, 0.25) is 5.02 Å². The monoisotopic (exact) mass is 356 g/mol. The molecule has 0 radical (unpaired) electrons. The molecule has 0 saturated carbocycles. The summed E-state index contributed by atoms with van der Waals surface area (Å²) in [4.78, 5) is 16.7. The summed E-state index contributed by atoms with van der Waals surface area (Å²) >= 11 is 7.55. The van der Waals surface area contributed by atoms with E-state index in [2.05, 4.69) is 30.2 Å². The standard InChI is InChI=1S/C19H17ClN2OS/c1-12(2)14-7-5-9-16-18(14)22-19(24-16)21-17(23)11-10-13-6-3-4-8-15(13)20/h3-12H,1-2H3,(H,21,22,23)/b11-10+. The van der Waals surface area contributed by atoms with E-state index in [-0.39, 0.29) is 5.91 Å². The zero-order valence-corrected chi connectivity index (χ0v) is 15.0. The minimum Gasteiger partial charge on any atom is -0.298 e. The van der Waals surface area contributed by atoms with E-state index in [0.29, 0.717) is 16.1 Å². The first-order chi connectivity index (χ1) is 11.5. The van der Waals surface area contributed by atoms with Gasteiger partial charge in [0.15, 0.2) is 5.13 Å². The lowest BCUT2D eigenvalue weighted by atomic mass is 10.0. The number of fused-ring (bicyclic) bond motifs is 1. The van der Waals surface area contributed by atoms with Gasteiger partial charge in [-0.2, -0.15) is 0 Å². The number of anilines is 1. The summed E-state index contributed by atoms with van der Waals surface area (Å²) in [6, 6.07) is 13.5. The average Bonchev–Trinajstić information content (AvgIpc) is 2.96. The fourth-order valence-electron chi connectivity index (χ4n) is 2.41. The van der Waals surface area contributed by atoms with Crippen LogP contribution >= 0.6 is 22.9 Å². The molecule has 3 nitrogen and oxygen atoms in total. The highest BCUT2D eigenvalue weighted by Gasteiger charge is 2.11. The summed E-state index contributed by atoms with van der Waals surface area (Å²) < 4.78 is 1.08. The van der Waals surface area contributed by atoms with Crippen molar-refractivity contribution in [2.24, 2.45) is 0 Å². The summed E-state index contributed by atoms with van der Waals surface area (Å²) in [5.74, 6) is 0.166. The molecule has 0 atom stereocenters. The molecule has 1 aromatic heterocycles. The van der Waals surface area contributed by atoms with Crippen LogP contribution in [0.1, 0.15) is 30.9 Å². The zero-order chi connectivity index (χ0) is 17.1. The van der Waals surface area contributed by atoms with Gasteiger partial charge in [0.25, 0.3) is 0 Å². The molecule has 0 unspecified atom stereocenters.